The van der Waals surface area contributed by atoms with Gasteiger partial charge in [-0.2, -0.15) is 0 Å². The molecule has 1 aromatic heterocycles. The van der Waals surface area contributed by atoms with Crippen LogP contribution in [0.5, 0.6) is 0 Å². The molecule has 5 rings (SSSR count). The van der Waals surface area contributed by atoms with Gasteiger partial charge < -0.3 is 14.9 Å². The third-order valence-corrected chi connectivity index (χ3v) is 9.12. The Morgan fingerprint density at radius 1 is 1.00 bits per heavy atom. The highest BCUT2D eigenvalue weighted by molar-refractivity contribution is 7.85. The number of rotatable bonds is 7. The highest BCUT2D eigenvalue weighted by atomic mass is 32.2. The lowest BCUT2D eigenvalue weighted by Gasteiger charge is -2.39. The van der Waals surface area contributed by atoms with Gasteiger partial charge in [-0.1, -0.05) is 36.4 Å². The quantitative estimate of drug-likeness (QED) is 0.428. The van der Waals surface area contributed by atoms with E-state index in [9.17, 15) is 13.8 Å². The summed E-state index contributed by atoms with van der Waals surface area (Å²) in [5.74, 6) is -1.02. The summed E-state index contributed by atoms with van der Waals surface area (Å²) in [6.07, 6.45) is 3.59. The van der Waals surface area contributed by atoms with E-state index in [1.807, 2.05) is 29.2 Å². The van der Waals surface area contributed by atoms with E-state index in [4.69, 9.17) is 5.11 Å². The van der Waals surface area contributed by atoms with E-state index >= 15 is 0 Å². The first kappa shape index (κ1) is 28.0. The summed E-state index contributed by atoms with van der Waals surface area (Å²) < 4.78 is 12.9. The van der Waals surface area contributed by atoms with Crippen LogP contribution in [0.25, 0.3) is 0 Å². The molecule has 3 aromatic rings. The highest BCUT2D eigenvalue weighted by Crippen LogP contribution is 2.37. The normalized spacial score (nSPS) is 19.7. The van der Waals surface area contributed by atoms with Crippen LogP contribution in [0.15, 0.2) is 82.8 Å². The van der Waals surface area contributed by atoms with Crippen LogP contribution in [0.4, 0.5) is 4.79 Å². The molecule has 0 bridgehead atoms. The minimum Gasteiger partial charge on any atom is -0.478 e. The van der Waals surface area contributed by atoms with Gasteiger partial charge in [-0.3, -0.25) is 4.90 Å². The molecule has 2 amide bonds. The lowest BCUT2D eigenvalue weighted by molar-refractivity contribution is 0.0696. The molecule has 2 fully saturated rings. The van der Waals surface area contributed by atoms with Gasteiger partial charge in [0.1, 0.15) is 15.8 Å². The first-order valence-corrected chi connectivity index (χ1v) is 14.8. The van der Waals surface area contributed by atoms with Gasteiger partial charge in [0.15, 0.2) is 0 Å². The van der Waals surface area contributed by atoms with Crippen LogP contribution >= 0.6 is 0 Å². The van der Waals surface area contributed by atoms with Gasteiger partial charge in [0.2, 0.25) is 0 Å². The van der Waals surface area contributed by atoms with Crippen LogP contribution in [-0.2, 0) is 17.3 Å². The number of aromatic nitrogens is 1. The molecule has 210 valence electrons. The Morgan fingerprint density at radius 2 is 1.68 bits per heavy atom. The molecule has 2 unspecified atom stereocenters. The molecule has 2 aliphatic rings. The molecule has 2 aliphatic heterocycles. The Hall–Kier alpha value is -3.56. The predicted octanol–water partition coefficient (Wildman–Crippen LogP) is 5.19. The van der Waals surface area contributed by atoms with Crippen molar-refractivity contribution < 1.29 is 18.9 Å². The zero-order valence-corrected chi connectivity index (χ0v) is 24.0. The van der Waals surface area contributed by atoms with Crippen molar-refractivity contribution >= 4 is 22.8 Å². The van der Waals surface area contributed by atoms with Gasteiger partial charge >= 0.3 is 12.0 Å². The van der Waals surface area contributed by atoms with Crippen LogP contribution in [0.3, 0.4) is 0 Å². The Morgan fingerprint density at radius 3 is 2.25 bits per heavy atom. The summed E-state index contributed by atoms with van der Waals surface area (Å²) in [6.45, 7) is 9.51. The summed E-state index contributed by atoms with van der Waals surface area (Å²) in [5.41, 5.74) is 2.15. The summed E-state index contributed by atoms with van der Waals surface area (Å²) in [4.78, 5) is 36.2. The van der Waals surface area contributed by atoms with Crippen LogP contribution < -0.4 is 0 Å². The number of hydrogen-bond acceptors (Lipinski definition) is 5. The molecule has 0 aliphatic carbocycles. The average molecular weight is 561 g/mol. The van der Waals surface area contributed by atoms with Crippen molar-refractivity contribution in [2.45, 2.75) is 67.7 Å². The second-order valence-electron chi connectivity index (χ2n) is 11.5. The first-order chi connectivity index (χ1) is 19.1. The van der Waals surface area contributed by atoms with Crippen LogP contribution in [0.2, 0.25) is 0 Å². The molecule has 0 spiro atoms. The van der Waals surface area contributed by atoms with Gasteiger partial charge in [0.05, 0.1) is 11.6 Å². The monoisotopic (exact) mass is 560 g/mol. The number of carboxylic acids is 1. The number of amides is 2. The molecule has 3 heterocycles. The lowest BCUT2D eigenvalue weighted by atomic mass is 9.98. The number of carbonyl (C=O) groups is 2. The molecule has 40 heavy (non-hydrogen) atoms. The Labute approximate surface area is 238 Å². The highest BCUT2D eigenvalue weighted by Gasteiger charge is 2.46. The number of piperidine rings is 1. The Balaban J connectivity index is 1.21. The standard InChI is InChI=1S/C31H36N4O4S/c1-31(2,3)34-21-27(23-7-5-4-6-8-23)35(30(34)38)25-15-17-33(18-16-25)20-22-9-14-28(32-19-22)40(39)26-12-10-24(11-13-26)29(36)37/h4-14,19,25,27H,15-18,20-21H2,1-3H3,(H,36,37). The first-order valence-electron chi connectivity index (χ1n) is 13.7. The third-order valence-electron chi connectivity index (χ3n) is 7.80. The lowest BCUT2D eigenvalue weighted by Crippen LogP contribution is -2.49. The number of hydrogen-bond donors (Lipinski definition) is 1. The van der Waals surface area contributed by atoms with E-state index in [0.717, 1.165) is 38.0 Å². The van der Waals surface area contributed by atoms with Crippen LogP contribution in [-0.4, -0.2) is 72.2 Å². The van der Waals surface area contributed by atoms with Crippen molar-refractivity contribution in [1.29, 1.82) is 0 Å². The van der Waals surface area contributed by atoms with Crippen molar-refractivity contribution in [3.05, 3.63) is 89.6 Å². The largest absolute Gasteiger partial charge is 0.478 e. The van der Waals surface area contributed by atoms with Crippen LogP contribution in [0.1, 0.15) is 61.1 Å². The maximum atomic E-state index is 13.6. The van der Waals surface area contributed by atoms with E-state index in [1.54, 1.807) is 24.4 Å². The fourth-order valence-corrected chi connectivity index (χ4v) is 6.56. The van der Waals surface area contributed by atoms with E-state index in [2.05, 4.69) is 47.7 Å². The summed E-state index contributed by atoms with van der Waals surface area (Å²) >= 11 is 0. The topological polar surface area (TPSA) is 94.1 Å². The minimum absolute atomic E-state index is 0.0578. The van der Waals surface area contributed by atoms with Crippen molar-refractivity contribution in [2.24, 2.45) is 0 Å². The number of likely N-dealkylation sites (tertiary alicyclic amines) is 1. The zero-order chi connectivity index (χ0) is 28.4. The molecular weight excluding hydrogens is 524 g/mol. The van der Waals surface area contributed by atoms with E-state index < -0.39 is 16.8 Å². The average Bonchev–Trinajstić information content (AvgIpc) is 3.31. The number of benzene rings is 2. The second kappa shape index (κ2) is 11.5. The molecular formula is C31H36N4O4S. The number of nitrogens with zero attached hydrogens (tertiary/aromatic N) is 4. The molecule has 1 N–H and O–H groups in total. The number of carboxylic acid groups (broad SMARTS) is 1. The third kappa shape index (κ3) is 5.95. The number of aromatic carboxylic acids is 1. The smallest absolute Gasteiger partial charge is 0.335 e. The van der Waals surface area contributed by atoms with Gasteiger partial charge in [-0.25, -0.2) is 18.8 Å². The van der Waals surface area contributed by atoms with Crippen molar-refractivity contribution in [2.75, 3.05) is 19.6 Å². The summed E-state index contributed by atoms with van der Waals surface area (Å²) in [5, 5.41) is 9.50. The number of pyridine rings is 1. The Kier molecular flexibility index (Phi) is 8.05. The van der Waals surface area contributed by atoms with Crippen LogP contribution in [0, 0.1) is 0 Å². The zero-order valence-electron chi connectivity index (χ0n) is 23.2. The van der Waals surface area contributed by atoms with E-state index in [0.29, 0.717) is 16.5 Å². The van der Waals surface area contributed by atoms with Gasteiger partial charge in [-0.15, -0.1) is 0 Å². The van der Waals surface area contributed by atoms with Crippen molar-refractivity contribution in [3.8, 4) is 0 Å². The maximum absolute atomic E-state index is 13.6. The molecule has 2 atom stereocenters. The molecule has 2 saturated heterocycles. The molecule has 0 saturated carbocycles. The second-order valence-corrected chi connectivity index (χ2v) is 12.9. The molecule has 8 nitrogen and oxygen atoms in total. The fourth-order valence-electron chi connectivity index (χ4n) is 5.59. The van der Waals surface area contributed by atoms with Gasteiger partial charge in [-0.05, 0) is 75.1 Å². The van der Waals surface area contributed by atoms with E-state index in [-0.39, 0.29) is 29.2 Å². The predicted molar refractivity (Wildman–Crippen MR) is 153 cm³/mol. The summed E-state index contributed by atoms with van der Waals surface area (Å²) in [6, 6.07) is 20.5. The van der Waals surface area contributed by atoms with E-state index in [1.165, 1.54) is 17.7 Å². The van der Waals surface area contributed by atoms with Crippen molar-refractivity contribution in [3.63, 3.8) is 0 Å². The van der Waals surface area contributed by atoms with Gasteiger partial charge in [0, 0.05) is 48.9 Å². The number of carbonyl (C=O) groups excluding carboxylic acids is 1. The molecule has 0 radical (unpaired) electrons. The molecule has 2 aromatic carbocycles. The molecule has 9 heteroatoms. The van der Waals surface area contributed by atoms with Gasteiger partial charge in [0.25, 0.3) is 0 Å². The summed E-state index contributed by atoms with van der Waals surface area (Å²) in [7, 11) is -1.48. The van der Waals surface area contributed by atoms with Crippen molar-refractivity contribution in [1.82, 2.24) is 19.7 Å². The maximum Gasteiger partial charge on any atom is 0.335 e. The fraction of sp³-hybridized carbons (Fsp3) is 0.387. The minimum atomic E-state index is -1.48. The Bertz CT molecular complexity index is 1370. The number of urea groups is 1. The SMILES string of the molecule is CC(C)(C)N1CC(c2ccccc2)N(C2CCN(Cc3ccc(S(=O)c4ccc(C(=O)O)cc4)nc3)CC2)C1=O.